The van der Waals surface area contributed by atoms with Gasteiger partial charge in [0.05, 0.1) is 25.7 Å². The first kappa shape index (κ1) is 15.5. The molecule has 3 rings (SSSR count). The molecule has 6 nitrogen and oxygen atoms in total. The monoisotopic (exact) mass is 306 g/mol. The SMILES string of the molecule is O=C(NCC1(CN2CCOCC2)CCCCC1)c1cnc[nH]1. The summed E-state index contributed by atoms with van der Waals surface area (Å²) in [7, 11) is 0. The van der Waals surface area contributed by atoms with Gasteiger partial charge in [-0.25, -0.2) is 4.98 Å². The van der Waals surface area contributed by atoms with Crippen LogP contribution in [0.25, 0.3) is 0 Å². The molecule has 2 heterocycles. The Morgan fingerprint density at radius 2 is 2.09 bits per heavy atom. The molecule has 0 bridgehead atoms. The first-order valence-electron chi connectivity index (χ1n) is 8.34. The van der Waals surface area contributed by atoms with E-state index in [1.807, 2.05) is 0 Å². The van der Waals surface area contributed by atoms with Gasteiger partial charge in [-0.2, -0.15) is 0 Å². The second-order valence-corrected chi connectivity index (χ2v) is 6.60. The second kappa shape index (κ2) is 7.24. The van der Waals surface area contributed by atoms with Crippen molar-refractivity contribution in [1.29, 1.82) is 0 Å². The Morgan fingerprint density at radius 3 is 2.77 bits per heavy atom. The van der Waals surface area contributed by atoms with E-state index in [0.29, 0.717) is 5.69 Å². The minimum atomic E-state index is -0.0515. The molecule has 1 aliphatic heterocycles. The summed E-state index contributed by atoms with van der Waals surface area (Å²) in [5.41, 5.74) is 0.753. The molecule has 2 fully saturated rings. The lowest BCUT2D eigenvalue weighted by Gasteiger charge is -2.42. The Kier molecular flexibility index (Phi) is 5.10. The van der Waals surface area contributed by atoms with E-state index < -0.39 is 0 Å². The number of nitrogens with zero attached hydrogens (tertiary/aromatic N) is 2. The van der Waals surface area contributed by atoms with E-state index >= 15 is 0 Å². The lowest BCUT2D eigenvalue weighted by Crippen LogP contribution is -2.49. The minimum absolute atomic E-state index is 0.0515. The summed E-state index contributed by atoms with van der Waals surface area (Å²) in [5.74, 6) is -0.0515. The summed E-state index contributed by atoms with van der Waals surface area (Å²) in [6, 6.07) is 0. The highest BCUT2D eigenvalue weighted by Crippen LogP contribution is 2.36. The molecule has 1 saturated carbocycles. The number of amides is 1. The molecule has 1 amide bonds. The van der Waals surface area contributed by atoms with Gasteiger partial charge in [-0.05, 0) is 12.8 Å². The van der Waals surface area contributed by atoms with E-state index in [2.05, 4.69) is 20.2 Å². The molecule has 2 aliphatic rings. The maximum atomic E-state index is 12.2. The summed E-state index contributed by atoms with van der Waals surface area (Å²) in [6.07, 6.45) is 9.37. The predicted octanol–water partition coefficient (Wildman–Crippen LogP) is 1.42. The number of H-pyrrole nitrogens is 1. The largest absolute Gasteiger partial charge is 0.379 e. The van der Waals surface area contributed by atoms with Crippen molar-refractivity contribution in [3.8, 4) is 0 Å². The zero-order valence-corrected chi connectivity index (χ0v) is 13.1. The third-order valence-electron chi connectivity index (χ3n) is 4.94. The third-order valence-corrected chi connectivity index (χ3v) is 4.94. The van der Waals surface area contributed by atoms with Crippen molar-refractivity contribution in [2.75, 3.05) is 39.4 Å². The maximum Gasteiger partial charge on any atom is 0.269 e. The van der Waals surface area contributed by atoms with Crippen LogP contribution in [0.5, 0.6) is 0 Å². The van der Waals surface area contributed by atoms with Crippen LogP contribution < -0.4 is 5.32 Å². The van der Waals surface area contributed by atoms with Gasteiger partial charge >= 0.3 is 0 Å². The molecule has 0 aromatic carbocycles. The number of aromatic nitrogens is 2. The first-order chi connectivity index (χ1) is 10.8. The van der Waals surface area contributed by atoms with E-state index in [1.54, 1.807) is 12.5 Å². The molecule has 2 N–H and O–H groups in total. The first-order valence-corrected chi connectivity index (χ1v) is 8.34. The van der Waals surface area contributed by atoms with Gasteiger partial charge < -0.3 is 15.0 Å². The molecule has 1 aliphatic carbocycles. The number of imidazole rings is 1. The summed E-state index contributed by atoms with van der Waals surface area (Å²) < 4.78 is 5.45. The zero-order valence-electron chi connectivity index (χ0n) is 13.1. The number of nitrogens with one attached hydrogen (secondary N) is 2. The number of carbonyl (C=O) groups excluding carboxylic acids is 1. The molecule has 1 saturated heterocycles. The topological polar surface area (TPSA) is 70.2 Å². The van der Waals surface area contributed by atoms with Gasteiger partial charge in [0.2, 0.25) is 0 Å². The molecule has 0 radical (unpaired) electrons. The van der Waals surface area contributed by atoms with Gasteiger partial charge in [0.25, 0.3) is 5.91 Å². The highest BCUT2D eigenvalue weighted by Gasteiger charge is 2.34. The lowest BCUT2D eigenvalue weighted by atomic mass is 9.73. The number of hydrogen-bond donors (Lipinski definition) is 2. The van der Waals surface area contributed by atoms with E-state index in [0.717, 1.165) is 39.4 Å². The van der Waals surface area contributed by atoms with Crippen LogP contribution >= 0.6 is 0 Å². The van der Waals surface area contributed by atoms with Gasteiger partial charge in [-0.15, -0.1) is 0 Å². The number of morpholine rings is 1. The molecule has 1 aromatic rings. The van der Waals surface area contributed by atoms with Crippen LogP contribution in [0, 0.1) is 5.41 Å². The fourth-order valence-corrected chi connectivity index (χ4v) is 3.67. The highest BCUT2D eigenvalue weighted by atomic mass is 16.5. The van der Waals surface area contributed by atoms with Gasteiger partial charge in [0.15, 0.2) is 0 Å². The Morgan fingerprint density at radius 1 is 1.32 bits per heavy atom. The van der Waals surface area contributed by atoms with Crippen molar-refractivity contribution in [2.45, 2.75) is 32.1 Å². The summed E-state index contributed by atoms with van der Waals surface area (Å²) in [6.45, 7) is 5.50. The molecule has 122 valence electrons. The Labute approximate surface area is 131 Å². The van der Waals surface area contributed by atoms with Crippen LogP contribution in [-0.4, -0.2) is 60.2 Å². The van der Waals surface area contributed by atoms with Crippen molar-refractivity contribution in [2.24, 2.45) is 5.41 Å². The number of hydrogen-bond acceptors (Lipinski definition) is 4. The van der Waals surface area contributed by atoms with Crippen molar-refractivity contribution < 1.29 is 9.53 Å². The van der Waals surface area contributed by atoms with E-state index in [9.17, 15) is 4.79 Å². The maximum absolute atomic E-state index is 12.2. The Bertz CT molecular complexity index is 463. The number of rotatable bonds is 5. The Balaban J connectivity index is 1.59. The normalized spacial score (nSPS) is 22.4. The second-order valence-electron chi connectivity index (χ2n) is 6.60. The Hall–Kier alpha value is -1.40. The van der Waals surface area contributed by atoms with Crippen LogP contribution in [0.15, 0.2) is 12.5 Å². The van der Waals surface area contributed by atoms with E-state index in [1.165, 1.54) is 32.1 Å². The molecule has 1 aromatic heterocycles. The summed E-state index contributed by atoms with van der Waals surface area (Å²) in [4.78, 5) is 21.4. The van der Waals surface area contributed by atoms with Gasteiger partial charge in [0.1, 0.15) is 5.69 Å². The van der Waals surface area contributed by atoms with Crippen molar-refractivity contribution >= 4 is 5.91 Å². The van der Waals surface area contributed by atoms with Crippen LogP contribution in [-0.2, 0) is 4.74 Å². The summed E-state index contributed by atoms with van der Waals surface area (Å²) >= 11 is 0. The molecular weight excluding hydrogens is 280 g/mol. The number of ether oxygens (including phenoxy) is 1. The van der Waals surface area contributed by atoms with Crippen molar-refractivity contribution in [3.63, 3.8) is 0 Å². The van der Waals surface area contributed by atoms with Crippen LogP contribution in [0.1, 0.15) is 42.6 Å². The molecule has 6 heteroatoms. The average molecular weight is 306 g/mol. The standard InChI is InChI=1S/C16H26N4O2/c21-15(14-10-17-13-19-14)18-11-16(4-2-1-3-5-16)12-20-6-8-22-9-7-20/h10,13H,1-9,11-12H2,(H,17,19)(H,18,21). The number of carbonyl (C=O) groups is 1. The fraction of sp³-hybridized carbons (Fsp3) is 0.750. The van der Waals surface area contributed by atoms with Crippen molar-refractivity contribution in [3.05, 3.63) is 18.2 Å². The van der Waals surface area contributed by atoms with Crippen LogP contribution in [0.3, 0.4) is 0 Å². The molecule has 0 atom stereocenters. The van der Waals surface area contributed by atoms with Gasteiger partial charge in [-0.3, -0.25) is 9.69 Å². The number of aromatic amines is 1. The smallest absolute Gasteiger partial charge is 0.269 e. The molecule has 0 spiro atoms. The minimum Gasteiger partial charge on any atom is -0.379 e. The van der Waals surface area contributed by atoms with Crippen LogP contribution in [0.2, 0.25) is 0 Å². The average Bonchev–Trinajstić information content (AvgIpc) is 3.09. The highest BCUT2D eigenvalue weighted by molar-refractivity contribution is 5.91. The lowest BCUT2D eigenvalue weighted by molar-refractivity contribution is 0.00727. The molecular formula is C16H26N4O2. The van der Waals surface area contributed by atoms with Crippen LogP contribution in [0.4, 0.5) is 0 Å². The van der Waals surface area contributed by atoms with Crippen molar-refractivity contribution in [1.82, 2.24) is 20.2 Å². The van der Waals surface area contributed by atoms with E-state index in [-0.39, 0.29) is 11.3 Å². The predicted molar refractivity (Wildman–Crippen MR) is 83.7 cm³/mol. The zero-order chi connectivity index (χ0) is 15.3. The van der Waals surface area contributed by atoms with Gasteiger partial charge in [0, 0.05) is 31.6 Å². The van der Waals surface area contributed by atoms with E-state index in [4.69, 9.17) is 4.74 Å². The quantitative estimate of drug-likeness (QED) is 0.863. The fourth-order valence-electron chi connectivity index (χ4n) is 3.67. The van der Waals surface area contributed by atoms with Gasteiger partial charge in [-0.1, -0.05) is 19.3 Å². The molecule has 22 heavy (non-hydrogen) atoms. The third kappa shape index (κ3) is 3.87. The summed E-state index contributed by atoms with van der Waals surface area (Å²) in [5, 5.41) is 3.12. The molecule has 0 unspecified atom stereocenters.